The van der Waals surface area contributed by atoms with Gasteiger partial charge in [0, 0.05) is 18.7 Å². The Kier molecular flexibility index (Phi) is 4.23. The van der Waals surface area contributed by atoms with Crippen molar-refractivity contribution in [2.45, 2.75) is 19.3 Å². The van der Waals surface area contributed by atoms with Gasteiger partial charge < -0.3 is 15.3 Å². The Morgan fingerprint density at radius 1 is 1.19 bits per heavy atom. The van der Waals surface area contributed by atoms with E-state index in [0.717, 1.165) is 6.42 Å². The summed E-state index contributed by atoms with van der Waals surface area (Å²) in [5, 5.41) is 12.7. The predicted molar refractivity (Wildman–Crippen MR) is 97.0 cm³/mol. The molecule has 2 fully saturated rings. The first-order valence-electron chi connectivity index (χ1n) is 8.77. The lowest BCUT2D eigenvalue weighted by Crippen LogP contribution is -2.36. The average molecular weight is 375 g/mol. The van der Waals surface area contributed by atoms with Gasteiger partial charge in [-0.1, -0.05) is 23.8 Å². The zero-order valence-corrected chi connectivity index (χ0v) is 14.8. The second-order valence-corrected chi connectivity index (χ2v) is 7.55. The number of anilines is 2. The Labute approximate surface area is 155 Å². The molecule has 7 heteroatoms. The third-order valence-corrected chi connectivity index (χ3v) is 5.93. The van der Waals surface area contributed by atoms with E-state index in [0.29, 0.717) is 35.8 Å². The maximum atomic E-state index is 12.7. The average Bonchev–Trinajstić information content (AvgIpc) is 3.30. The van der Waals surface area contributed by atoms with Crippen LogP contribution in [-0.2, 0) is 14.4 Å². The Morgan fingerprint density at radius 2 is 1.92 bits per heavy atom. The number of allylic oxidation sites excluding steroid dienone is 2. The molecule has 4 rings (SSSR count). The molecule has 2 aliphatic carbocycles. The van der Waals surface area contributed by atoms with E-state index in [2.05, 4.69) is 5.32 Å². The number of amides is 2. The molecule has 0 radical (unpaired) electrons. The van der Waals surface area contributed by atoms with E-state index in [9.17, 15) is 19.5 Å². The predicted octanol–water partition coefficient (Wildman–Crippen LogP) is 2.93. The number of nitrogens with one attached hydrogen (secondary N) is 1. The highest BCUT2D eigenvalue weighted by Crippen LogP contribution is 2.48. The Hall–Kier alpha value is -2.34. The lowest BCUT2D eigenvalue weighted by Gasteiger charge is -2.24. The van der Waals surface area contributed by atoms with Crippen molar-refractivity contribution in [1.29, 1.82) is 0 Å². The van der Waals surface area contributed by atoms with Crippen LogP contribution in [0.1, 0.15) is 19.3 Å². The van der Waals surface area contributed by atoms with Gasteiger partial charge in [-0.05, 0) is 42.9 Å². The van der Waals surface area contributed by atoms with Gasteiger partial charge in [0.2, 0.25) is 11.8 Å². The highest BCUT2D eigenvalue weighted by atomic mass is 35.5. The highest BCUT2D eigenvalue weighted by molar-refractivity contribution is 6.34. The van der Waals surface area contributed by atoms with Crippen LogP contribution in [0.15, 0.2) is 30.4 Å². The van der Waals surface area contributed by atoms with E-state index in [1.165, 1.54) is 0 Å². The fourth-order valence-corrected chi connectivity index (χ4v) is 4.73. The fourth-order valence-electron chi connectivity index (χ4n) is 4.45. The summed E-state index contributed by atoms with van der Waals surface area (Å²) in [5.41, 5.74) is 1.14. The van der Waals surface area contributed by atoms with Crippen molar-refractivity contribution in [2.75, 3.05) is 16.8 Å². The normalized spacial score (nSPS) is 29.4. The minimum absolute atomic E-state index is 0.0296. The van der Waals surface area contributed by atoms with E-state index < -0.39 is 17.8 Å². The number of carboxylic acid groups (broad SMARTS) is 1. The molecule has 3 aliphatic rings. The number of aliphatic carboxylic acids is 1. The molecule has 0 unspecified atom stereocenters. The number of halogens is 1. The van der Waals surface area contributed by atoms with Gasteiger partial charge >= 0.3 is 5.97 Å². The van der Waals surface area contributed by atoms with Crippen molar-refractivity contribution in [1.82, 2.24) is 0 Å². The number of carbonyl (C=O) groups is 3. The number of rotatable bonds is 4. The number of fused-ring (bicyclic) bond motifs is 2. The summed E-state index contributed by atoms with van der Waals surface area (Å²) < 4.78 is 0. The molecule has 136 valence electrons. The molecular weight excluding hydrogens is 356 g/mol. The zero-order chi connectivity index (χ0) is 18.4. The van der Waals surface area contributed by atoms with Crippen LogP contribution >= 0.6 is 11.6 Å². The Bertz CT molecular complexity index is 822. The van der Waals surface area contributed by atoms with Crippen molar-refractivity contribution in [3.63, 3.8) is 0 Å². The molecule has 6 nitrogen and oxygen atoms in total. The number of carbonyl (C=O) groups excluding carboxylic acids is 2. The first-order valence-corrected chi connectivity index (χ1v) is 9.15. The van der Waals surface area contributed by atoms with Crippen LogP contribution in [0.4, 0.5) is 11.4 Å². The zero-order valence-electron chi connectivity index (χ0n) is 14.0. The van der Waals surface area contributed by atoms with E-state index in [1.54, 1.807) is 23.1 Å². The number of benzene rings is 1. The maximum absolute atomic E-state index is 12.7. The Morgan fingerprint density at radius 3 is 2.54 bits per heavy atom. The molecule has 1 aromatic rings. The molecule has 1 saturated heterocycles. The van der Waals surface area contributed by atoms with E-state index in [1.807, 2.05) is 12.2 Å². The van der Waals surface area contributed by atoms with Gasteiger partial charge in [0.15, 0.2) is 0 Å². The summed E-state index contributed by atoms with van der Waals surface area (Å²) in [6.45, 7) is 0.641. The number of nitrogens with zero attached hydrogens (tertiary/aromatic N) is 1. The summed E-state index contributed by atoms with van der Waals surface area (Å²) in [6, 6.07) is 5.03. The van der Waals surface area contributed by atoms with Crippen LogP contribution in [0, 0.1) is 23.7 Å². The quantitative estimate of drug-likeness (QED) is 0.793. The molecule has 2 bridgehead atoms. The standard InChI is InChI=1S/C19H19ClN2O4/c20-13-9-12(5-6-14(13)22-7-1-2-15(22)23)21-18(24)16-10-3-4-11(8-10)17(16)19(25)26/h3-6,9-11,16-17H,1-2,7-8H2,(H,21,24)(H,25,26)/t10-,11-,16+,17-/m0/s1. The number of hydrogen-bond donors (Lipinski definition) is 2. The molecule has 1 aliphatic heterocycles. The lowest BCUT2D eigenvalue weighted by molar-refractivity contribution is -0.146. The van der Waals surface area contributed by atoms with Crippen LogP contribution in [0.25, 0.3) is 0 Å². The van der Waals surface area contributed by atoms with Crippen molar-refractivity contribution >= 4 is 40.8 Å². The highest BCUT2D eigenvalue weighted by Gasteiger charge is 2.51. The molecule has 2 amide bonds. The van der Waals surface area contributed by atoms with Crippen LogP contribution in [-0.4, -0.2) is 29.4 Å². The maximum Gasteiger partial charge on any atom is 0.307 e. The molecule has 1 aromatic carbocycles. The number of hydrogen-bond acceptors (Lipinski definition) is 3. The smallest absolute Gasteiger partial charge is 0.307 e. The minimum Gasteiger partial charge on any atom is -0.481 e. The molecule has 1 saturated carbocycles. The molecule has 26 heavy (non-hydrogen) atoms. The van der Waals surface area contributed by atoms with Gasteiger partial charge in [-0.2, -0.15) is 0 Å². The summed E-state index contributed by atoms with van der Waals surface area (Å²) in [7, 11) is 0. The van der Waals surface area contributed by atoms with Gasteiger partial charge in [-0.15, -0.1) is 0 Å². The van der Waals surface area contributed by atoms with Crippen LogP contribution in [0.5, 0.6) is 0 Å². The third kappa shape index (κ3) is 2.78. The van der Waals surface area contributed by atoms with Gasteiger partial charge in [0.05, 0.1) is 22.5 Å². The first-order chi connectivity index (χ1) is 12.5. The molecule has 2 N–H and O–H groups in total. The Balaban J connectivity index is 1.51. The number of carboxylic acids is 1. The lowest BCUT2D eigenvalue weighted by atomic mass is 9.82. The van der Waals surface area contributed by atoms with Gasteiger partial charge in [-0.3, -0.25) is 14.4 Å². The van der Waals surface area contributed by atoms with Crippen LogP contribution in [0.3, 0.4) is 0 Å². The molecule has 0 spiro atoms. The topological polar surface area (TPSA) is 86.7 Å². The van der Waals surface area contributed by atoms with Crippen LogP contribution in [0.2, 0.25) is 5.02 Å². The monoisotopic (exact) mass is 374 g/mol. The van der Waals surface area contributed by atoms with E-state index in [-0.39, 0.29) is 23.7 Å². The van der Waals surface area contributed by atoms with Gasteiger partial charge in [0.1, 0.15) is 0 Å². The fraction of sp³-hybridized carbons (Fsp3) is 0.421. The van der Waals surface area contributed by atoms with E-state index in [4.69, 9.17) is 11.6 Å². The molecule has 0 aromatic heterocycles. The van der Waals surface area contributed by atoms with Crippen LogP contribution < -0.4 is 10.2 Å². The summed E-state index contributed by atoms with van der Waals surface area (Å²) in [5.74, 6) is -2.53. The summed E-state index contributed by atoms with van der Waals surface area (Å²) in [4.78, 5) is 37.8. The van der Waals surface area contributed by atoms with Crippen molar-refractivity contribution in [3.8, 4) is 0 Å². The summed E-state index contributed by atoms with van der Waals surface area (Å²) in [6.07, 6.45) is 5.90. The molecular formula is C19H19ClN2O4. The second kappa shape index (κ2) is 6.43. The van der Waals surface area contributed by atoms with Gasteiger partial charge in [0.25, 0.3) is 0 Å². The van der Waals surface area contributed by atoms with Crippen molar-refractivity contribution in [3.05, 3.63) is 35.4 Å². The molecule has 1 heterocycles. The SMILES string of the molecule is O=C(O)[C@@H]1[C@H](C(=O)Nc2ccc(N3CCCC3=O)c(Cl)c2)[C@H]2C=C[C@H]1C2. The first kappa shape index (κ1) is 17.1. The minimum atomic E-state index is -0.928. The summed E-state index contributed by atoms with van der Waals surface area (Å²) >= 11 is 6.31. The van der Waals surface area contributed by atoms with Gasteiger partial charge in [-0.25, -0.2) is 0 Å². The van der Waals surface area contributed by atoms with Crippen molar-refractivity contribution in [2.24, 2.45) is 23.7 Å². The van der Waals surface area contributed by atoms with E-state index >= 15 is 0 Å². The van der Waals surface area contributed by atoms with Crippen molar-refractivity contribution < 1.29 is 19.5 Å². The largest absolute Gasteiger partial charge is 0.481 e. The third-order valence-electron chi connectivity index (χ3n) is 5.63. The second-order valence-electron chi connectivity index (χ2n) is 7.14. The molecule has 4 atom stereocenters.